The lowest BCUT2D eigenvalue weighted by atomic mass is 9.90. The van der Waals surface area contributed by atoms with Crippen molar-refractivity contribution in [2.24, 2.45) is 0 Å². The molecule has 0 aliphatic carbocycles. The van der Waals surface area contributed by atoms with Crippen molar-refractivity contribution >= 4 is 23.8 Å². The predicted molar refractivity (Wildman–Crippen MR) is 88.3 cm³/mol. The van der Waals surface area contributed by atoms with Gasteiger partial charge in [0.15, 0.2) is 0 Å². The summed E-state index contributed by atoms with van der Waals surface area (Å²) in [5.41, 5.74) is -1.93. The Morgan fingerprint density at radius 3 is 1.65 bits per heavy atom. The largest absolute Gasteiger partial charge is 0.480 e. The zero-order valence-electron chi connectivity index (χ0n) is 14.3. The molecule has 0 aromatic heterocycles. The smallest absolute Gasteiger partial charge is 0.324 e. The molecule has 0 aliphatic rings. The number of carbonyl (C=O) groups is 4. The van der Waals surface area contributed by atoms with Gasteiger partial charge < -0.3 is 36.4 Å². The number of carbonyl (C=O) groups excluding carboxylic acids is 2. The third-order valence-electron chi connectivity index (χ3n) is 3.24. The van der Waals surface area contributed by atoms with E-state index in [2.05, 4.69) is 21.3 Å². The minimum Gasteiger partial charge on any atom is -0.480 e. The molecule has 0 radical (unpaired) electrons. The number of amides is 2. The zero-order chi connectivity index (χ0) is 20.0. The number of nitrogens with one attached hydrogen (secondary N) is 4. The Morgan fingerprint density at radius 1 is 0.769 bits per heavy atom. The van der Waals surface area contributed by atoms with E-state index in [9.17, 15) is 24.3 Å². The third kappa shape index (κ3) is 9.88. The topological polar surface area (TPSA) is 197 Å². The van der Waals surface area contributed by atoms with E-state index in [1.807, 2.05) is 0 Å². The summed E-state index contributed by atoms with van der Waals surface area (Å²) >= 11 is 0. The molecule has 2 amide bonds. The van der Waals surface area contributed by atoms with Gasteiger partial charge in [0.25, 0.3) is 0 Å². The zero-order valence-corrected chi connectivity index (χ0v) is 14.3. The van der Waals surface area contributed by atoms with Gasteiger partial charge in [0.1, 0.15) is 5.54 Å². The average Bonchev–Trinajstić information content (AvgIpc) is 2.57. The summed E-state index contributed by atoms with van der Waals surface area (Å²) in [6.45, 7) is -1.02. The number of aliphatic hydroxyl groups is 2. The first-order valence-electron chi connectivity index (χ1n) is 7.93. The normalized spacial score (nSPS) is 11.0. The summed E-state index contributed by atoms with van der Waals surface area (Å²) in [6.07, 6.45) is -1.15. The van der Waals surface area contributed by atoms with Crippen molar-refractivity contribution in [2.45, 2.75) is 18.4 Å². The molecule has 12 nitrogen and oxygen atoms in total. The minimum atomic E-state index is -1.93. The fourth-order valence-corrected chi connectivity index (χ4v) is 2.06. The third-order valence-corrected chi connectivity index (χ3v) is 3.24. The van der Waals surface area contributed by atoms with Gasteiger partial charge in [0.05, 0.1) is 32.6 Å². The monoisotopic (exact) mass is 378 g/mol. The highest BCUT2D eigenvalue weighted by Crippen LogP contribution is 2.16. The van der Waals surface area contributed by atoms with E-state index in [-0.39, 0.29) is 45.9 Å². The summed E-state index contributed by atoms with van der Waals surface area (Å²) in [5.74, 6) is -3.87. The van der Waals surface area contributed by atoms with Gasteiger partial charge in [0.2, 0.25) is 11.8 Å². The molecule has 0 rings (SSSR count). The molecule has 0 saturated carbocycles. The Bertz CT molecular complexity index is 464. The van der Waals surface area contributed by atoms with Gasteiger partial charge in [-0.05, 0) is 0 Å². The summed E-state index contributed by atoms with van der Waals surface area (Å²) < 4.78 is 0. The molecule has 0 heterocycles. The number of carboxylic acid groups (broad SMARTS) is 2. The van der Waals surface area contributed by atoms with E-state index >= 15 is 0 Å². The van der Waals surface area contributed by atoms with E-state index in [1.54, 1.807) is 0 Å². The highest BCUT2D eigenvalue weighted by Gasteiger charge is 2.42. The van der Waals surface area contributed by atoms with Gasteiger partial charge in [0, 0.05) is 26.2 Å². The number of hydrogen-bond acceptors (Lipinski definition) is 8. The number of rotatable bonds is 15. The van der Waals surface area contributed by atoms with Crippen molar-refractivity contribution in [3.63, 3.8) is 0 Å². The summed E-state index contributed by atoms with van der Waals surface area (Å²) in [7, 11) is 0. The van der Waals surface area contributed by atoms with Crippen LogP contribution in [-0.4, -0.2) is 95.7 Å². The summed E-state index contributed by atoms with van der Waals surface area (Å²) in [4.78, 5) is 46.0. The number of aliphatic hydroxyl groups excluding tert-OH is 2. The second-order valence-electron chi connectivity index (χ2n) is 5.39. The van der Waals surface area contributed by atoms with Crippen LogP contribution in [0.2, 0.25) is 0 Å². The van der Waals surface area contributed by atoms with Gasteiger partial charge in [-0.2, -0.15) is 0 Å². The first-order chi connectivity index (χ1) is 12.3. The maximum Gasteiger partial charge on any atom is 0.324 e. The van der Waals surface area contributed by atoms with E-state index in [0.717, 1.165) is 0 Å². The van der Waals surface area contributed by atoms with Crippen molar-refractivity contribution in [2.75, 3.05) is 45.9 Å². The second-order valence-corrected chi connectivity index (χ2v) is 5.39. The Labute approximate surface area is 150 Å². The Hall–Kier alpha value is -2.28. The van der Waals surface area contributed by atoms with Crippen molar-refractivity contribution < 1.29 is 39.6 Å². The maximum atomic E-state index is 11.9. The molecule has 0 spiro atoms. The van der Waals surface area contributed by atoms with Crippen LogP contribution < -0.4 is 21.3 Å². The molecule has 0 unspecified atom stereocenters. The molecule has 0 saturated heterocycles. The average molecular weight is 378 g/mol. The van der Waals surface area contributed by atoms with E-state index < -0.39 is 42.1 Å². The molecule has 0 aromatic carbocycles. The number of hydrogen-bond donors (Lipinski definition) is 8. The molecule has 0 aliphatic heterocycles. The second kappa shape index (κ2) is 13.0. The molecular formula is C14H26N4O8. The Morgan fingerprint density at radius 2 is 1.27 bits per heavy atom. The van der Waals surface area contributed by atoms with Crippen molar-refractivity contribution in [3.8, 4) is 0 Å². The molecule has 0 atom stereocenters. The number of carboxylic acids is 2. The van der Waals surface area contributed by atoms with Crippen LogP contribution in [0.3, 0.4) is 0 Å². The molecule has 150 valence electrons. The fraction of sp³-hybridized carbons (Fsp3) is 0.714. The van der Waals surface area contributed by atoms with E-state index in [0.29, 0.717) is 0 Å². The SMILES string of the molecule is O=C(O)CNCCNC(CC(=O)NCCO)(CC(=O)NCCO)C(=O)O. The van der Waals surface area contributed by atoms with Crippen LogP contribution in [0.5, 0.6) is 0 Å². The Kier molecular flexibility index (Phi) is 11.9. The molecule has 0 bridgehead atoms. The van der Waals surface area contributed by atoms with Crippen molar-refractivity contribution in [1.82, 2.24) is 21.3 Å². The van der Waals surface area contributed by atoms with Crippen LogP contribution in [0.25, 0.3) is 0 Å². The van der Waals surface area contributed by atoms with Crippen molar-refractivity contribution in [3.05, 3.63) is 0 Å². The van der Waals surface area contributed by atoms with E-state index in [1.165, 1.54) is 0 Å². The van der Waals surface area contributed by atoms with Crippen LogP contribution in [0, 0.1) is 0 Å². The van der Waals surface area contributed by atoms with Crippen LogP contribution in [0.15, 0.2) is 0 Å². The minimum absolute atomic E-state index is 0.0138. The van der Waals surface area contributed by atoms with Gasteiger partial charge in [-0.1, -0.05) is 0 Å². The standard InChI is InChI=1S/C14H26N4O8/c19-5-3-16-10(21)7-14(13(25)26,8-11(22)17-4-6-20)18-2-1-15-9-12(23)24/h15,18-20H,1-9H2,(H,16,21)(H,17,22)(H,23,24)(H,25,26). The van der Waals surface area contributed by atoms with Gasteiger partial charge in [-0.15, -0.1) is 0 Å². The molecule has 26 heavy (non-hydrogen) atoms. The lowest BCUT2D eigenvalue weighted by Crippen LogP contribution is -2.58. The lowest BCUT2D eigenvalue weighted by Gasteiger charge is -2.30. The van der Waals surface area contributed by atoms with Crippen LogP contribution in [-0.2, 0) is 19.2 Å². The molecule has 0 fully saturated rings. The lowest BCUT2D eigenvalue weighted by molar-refractivity contribution is -0.149. The van der Waals surface area contributed by atoms with Gasteiger partial charge >= 0.3 is 11.9 Å². The molecule has 12 heteroatoms. The first kappa shape index (κ1) is 23.7. The predicted octanol–water partition coefficient (Wildman–Crippen LogP) is -3.93. The van der Waals surface area contributed by atoms with E-state index in [4.69, 9.17) is 15.3 Å². The fourth-order valence-electron chi connectivity index (χ4n) is 2.06. The van der Waals surface area contributed by atoms with Crippen molar-refractivity contribution in [1.29, 1.82) is 0 Å². The van der Waals surface area contributed by atoms with Crippen LogP contribution in [0.4, 0.5) is 0 Å². The van der Waals surface area contributed by atoms with Crippen LogP contribution in [0.1, 0.15) is 12.8 Å². The first-order valence-corrected chi connectivity index (χ1v) is 7.93. The summed E-state index contributed by atoms with van der Waals surface area (Å²) in [6, 6.07) is 0. The Balaban J connectivity index is 5.02. The van der Waals surface area contributed by atoms with Gasteiger partial charge in [-0.3, -0.25) is 24.5 Å². The quantitative estimate of drug-likeness (QED) is 0.130. The number of aliphatic carboxylic acids is 2. The van der Waals surface area contributed by atoms with Crippen LogP contribution >= 0.6 is 0 Å². The molecule has 0 aromatic rings. The highest BCUT2D eigenvalue weighted by atomic mass is 16.4. The maximum absolute atomic E-state index is 11.9. The molecule has 8 N–H and O–H groups in total. The highest BCUT2D eigenvalue weighted by molar-refractivity contribution is 5.92. The summed E-state index contributed by atoms with van der Waals surface area (Å²) in [5, 5.41) is 45.4. The van der Waals surface area contributed by atoms with Gasteiger partial charge in [-0.25, -0.2) is 0 Å². The molecular weight excluding hydrogens is 352 g/mol.